The van der Waals surface area contributed by atoms with E-state index in [0.717, 1.165) is 16.7 Å². The van der Waals surface area contributed by atoms with Crippen LogP contribution in [-0.2, 0) is 28.7 Å². The quantitative estimate of drug-likeness (QED) is 0.163. The second kappa shape index (κ2) is 15.4. The van der Waals surface area contributed by atoms with Gasteiger partial charge in [-0.3, -0.25) is 19.2 Å². The Bertz CT molecular complexity index is 1270. The summed E-state index contributed by atoms with van der Waals surface area (Å²) in [6.45, 7) is 4.89. The molecular weight excluding hydrogens is 564 g/mol. The van der Waals surface area contributed by atoms with Crippen LogP contribution in [0, 0.1) is 0 Å². The zero-order valence-corrected chi connectivity index (χ0v) is 25.6. The van der Waals surface area contributed by atoms with Gasteiger partial charge >= 0.3 is 5.97 Å². The standard InChI is InChI=1S/C33H40N4O5S/c1-32(2,3)42-29(39)20-19-26(30(35)40)37-31(41)27(36-28(38)21-34)22-43-33(23-13-7-4-8-14-23,24-15-9-5-10-16-24)25-17-11-6-12-18-25/h4-18,26-27H,19-22,34H2,1-3H3,(H2,35,40)(H,36,38)(H,37,41)/t26-,27-/m0/s1. The lowest BCUT2D eigenvalue weighted by Crippen LogP contribution is -2.55. The summed E-state index contributed by atoms with van der Waals surface area (Å²) in [6.07, 6.45) is -0.179. The Labute approximate surface area is 257 Å². The van der Waals surface area contributed by atoms with E-state index in [1.807, 2.05) is 91.0 Å². The van der Waals surface area contributed by atoms with E-state index in [0.29, 0.717) is 0 Å². The van der Waals surface area contributed by atoms with E-state index in [2.05, 4.69) is 10.6 Å². The summed E-state index contributed by atoms with van der Waals surface area (Å²) in [7, 11) is 0. The first-order valence-corrected chi connectivity index (χ1v) is 15.1. The molecule has 10 heteroatoms. The van der Waals surface area contributed by atoms with Crippen molar-refractivity contribution >= 4 is 35.5 Å². The van der Waals surface area contributed by atoms with Crippen LogP contribution in [0.5, 0.6) is 0 Å². The molecule has 0 aromatic heterocycles. The normalized spacial score (nSPS) is 12.9. The van der Waals surface area contributed by atoms with Gasteiger partial charge in [0.1, 0.15) is 17.7 Å². The Kier molecular flexibility index (Phi) is 11.9. The van der Waals surface area contributed by atoms with Crippen molar-refractivity contribution in [3.8, 4) is 0 Å². The molecule has 0 aliphatic rings. The van der Waals surface area contributed by atoms with Gasteiger partial charge in [0, 0.05) is 12.2 Å². The number of nitrogens with one attached hydrogen (secondary N) is 2. The second-order valence-corrected chi connectivity index (χ2v) is 12.2. The Morgan fingerprint density at radius 1 is 0.767 bits per heavy atom. The molecule has 0 heterocycles. The van der Waals surface area contributed by atoms with E-state index in [1.165, 1.54) is 11.8 Å². The molecule has 3 aromatic rings. The van der Waals surface area contributed by atoms with Gasteiger partial charge in [0.15, 0.2) is 0 Å². The van der Waals surface area contributed by atoms with E-state index in [9.17, 15) is 19.2 Å². The van der Waals surface area contributed by atoms with Crippen LogP contribution in [0.25, 0.3) is 0 Å². The molecule has 0 radical (unpaired) electrons. The van der Waals surface area contributed by atoms with Crippen molar-refractivity contribution in [3.05, 3.63) is 108 Å². The summed E-state index contributed by atoms with van der Waals surface area (Å²) in [4.78, 5) is 50.6. The lowest BCUT2D eigenvalue weighted by Gasteiger charge is -2.36. The molecule has 0 saturated heterocycles. The van der Waals surface area contributed by atoms with Crippen LogP contribution in [0.15, 0.2) is 91.0 Å². The van der Waals surface area contributed by atoms with Crippen molar-refractivity contribution in [3.63, 3.8) is 0 Å². The number of benzene rings is 3. The van der Waals surface area contributed by atoms with Crippen molar-refractivity contribution < 1.29 is 23.9 Å². The lowest BCUT2D eigenvalue weighted by molar-refractivity contribution is -0.155. The highest BCUT2D eigenvalue weighted by atomic mass is 32.2. The van der Waals surface area contributed by atoms with Crippen molar-refractivity contribution in [2.45, 2.75) is 56.0 Å². The van der Waals surface area contributed by atoms with Crippen molar-refractivity contribution in [2.75, 3.05) is 12.3 Å². The summed E-state index contributed by atoms with van der Waals surface area (Å²) in [6, 6.07) is 27.5. The van der Waals surface area contributed by atoms with Crippen LogP contribution in [0.4, 0.5) is 0 Å². The largest absolute Gasteiger partial charge is 0.460 e. The lowest BCUT2D eigenvalue weighted by atomic mass is 9.84. The number of hydrogen-bond donors (Lipinski definition) is 4. The molecule has 0 unspecified atom stereocenters. The van der Waals surface area contributed by atoms with Gasteiger partial charge in [-0.05, 0) is 43.9 Å². The summed E-state index contributed by atoms with van der Waals surface area (Å²) in [5.74, 6) is -2.36. The van der Waals surface area contributed by atoms with Crippen LogP contribution < -0.4 is 22.1 Å². The molecule has 228 valence electrons. The Balaban J connectivity index is 1.94. The number of carbonyl (C=O) groups is 4. The maximum atomic E-state index is 13.6. The van der Waals surface area contributed by atoms with Gasteiger partial charge in [-0.2, -0.15) is 0 Å². The molecule has 0 fully saturated rings. The fourth-order valence-electron chi connectivity index (χ4n) is 4.63. The average Bonchev–Trinajstić information content (AvgIpc) is 2.99. The number of amides is 3. The van der Waals surface area contributed by atoms with Gasteiger partial charge in [0.05, 0.1) is 11.3 Å². The third kappa shape index (κ3) is 9.42. The average molecular weight is 605 g/mol. The highest BCUT2D eigenvalue weighted by Crippen LogP contribution is 2.48. The summed E-state index contributed by atoms with van der Waals surface area (Å²) >= 11 is 1.47. The zero-order chi connectivity index (χ0) is 31.5. The number of thioether (sulfide) groups is 1. The summed E-state index contributed by atoms with van der Waals surface area (Å²) < 4.78 is 4.56. The zero-order valence-electron chi connectivity index (χ0n) is 24.7. The number of ether oxygens (including phenoxy) is 1. The molecular formula is C33H40N4O5S. The second-order valence-electron chi connectivity index (χ2n) is 11.0. The molecule has 9 nitrogen and oxygen atoms in total. The SMILES string of the molecule is CC(C)(C)OC(=O)CC[C@H](NC(=O)[C@H](CSC(c1ccccc1)(c1ccccc1)c1ccccc1)NC(=O)CN)C(N)=O. The fourth-order valence-corrected chi connectivity index (χ4v) is 6.19. The minimum Gasteiger partial charge on any atom is -0.460 e. The molecule has 6 N–H and O–H groups in total. The van der Waals surface area contributed by atoms with Gasteiger partial charge in [-0.25, -0.2) is 0 Å². The first-order chi connectivity index (χ1) is 20.5. The van der Waals surface area contributed by atoms with Crippen LogP contribution in [0.1, 0.15) is 50.3 Å². The third-order valence-corrected chi connectivity index (χ3v) is 8.20. The first kappa shape index (κ1) is 33.4. The summed E-state index contributed by atoms with van der Waals surface area (Å²) in [5.41, 5.74) is 13.4. The molecule has 0 spiro atoms. The van der Waals surface area contributed by atoms with E-state index in [1.54, 1.807) is 20.8 Å². The minimum absolute atomic E-state index is 0.0529. The van der Waals surface area contributed by atoms with Crippen molar-refractivity contribution in [1.29, 1.82) is 0 Å². The number of nitrogens with two attached hydrogens (primary N) is 2. The predicted octanol–water partition coefficient (Wildman–Crippen LogP) is 3.25. The number of rotatable bonds is 14. The van der Waals surface area contributed by atoms with Gasteiger partial charge in [-0.15, -0.1) is 11.8 Å². The Morgan fingerprint density at radius 2 is 1.23 bits per heavy atom. The van der Waals surface area contributed by atoms with Gasteiger partial charge in [0.25, 0.3) is 0 Å². The minimum atomic E-state index is -1.15. The molecule has 0 saturated carbocycles. The number of esters is 1. The van der Waals surface area contributed by atoms with Crippen LogP contribution in [0.2, 0.25) is 0 Å². The van der Waals surface area contributed by atoms with Crippen LogP contribution in [0.3, 0.4) is 0 Å². The topological polar surface area (TPSA) is 154 Å². The van der Waals surface area contributed by atoms with E-state index >= 15 is 0 Å². The Morgan fingerprint density at radius 3 is 1.63 bits per heavy atom. The third-order valence-electron chi connectivity index (χ3n) is 6.56. The van der Waals surface area contributed by atoms with E-state index in [-0.39, 0.29) is 25.1 Å². The predicted molar refractivity (Wildman–Crippen MR) is 169 cm³/mol. The van der Waals surface area contributed by atoms with Crippen molar-refractivity contribution in [1.82, 2.24) is 10.6 Å². The highest BCUT2D eigenvalue weighted by Gasteiger charge is 2.39. The Hall–Kier alpha value is -4.15. The smallest absolute Gasteiger partial charge is 0.306 e. The van der Waals surface area contributed by atoms with Gasteiger partial charge in [0.2, 0.25) is 17.7 Å². The maximum absolute atomic E-state index is 13.6. The molecule has 0 bridgehead atoms. The first-order valence-electron chi connectivity index (χ1n) is 14.1. The van der Waals surface area contributed by atoms with Crippen LogP contribution in [-0.4, -0.2) is 53.7 Å². The summed E-state index contributed by atoms with van der Waals surface area (Å²) in [5, 5.41) is 5.32. The van der Waals surface area contributed by atoms with E-state index < -0.39 is 46.1 Å². The molecule has 43 heavy (non-hydrogen) atoms. The molecule has 3 rings (SSSR count). The maximum Gasteiger partial charge on any atom is 0.306 e. The van der Waals surface area contributed by atoms with Gasteiger partial charge in [-0.1, -0.05) is 91.0 Å². The van der Waals surface area contributed by atoms with Crippen LogP contribution >= 0.6 is 11.8 Å². The fraction of sp³-hybridized carbons (Fsp3) is 0.333. The number of hydrogen-bond acceptors (Lipinski definition) is 7. The molecule has 3 aromatic carbocycles. The number of primary amides is 1. The van der Waals surface area contributed by atoms with Gasteiger partial charge < -0.3 is 26.8 Å². The molecule has 2 atom stereocenters. The molecule has 0 aliphatic heterocycles. The van der Waals surface area contributed by atoms with E-state index in [4.69, 9.17) is 16.2 Å². The molecule has 0 aliphatic carbocycles. The van der Waals surface area contributed by atoms with Crippen molar-refractivity contribution in [2.24, 2.45) is 11.5 Å². The molecule has 3 amide bonds. The number of carbonyl (C=O) groups excluding carboxylic acids is 4. The monoisotopic (exact) mass is 604 g/mol. The highest BCUT2D eigenvalue weighted by molar-refractivity contribution is 8.00.